The van der Waals surface area contributed by atoms with Gasteiger partial charge >= 0.3 is 0 Å². The summed E-state index contributed by atoms with van der Waals surface area (Å²) in [6.45, 7) is 2.17. The van der Waals surface area contributed by atoms with Crippen LogP contribution in [0.1, 0.15) is 19.8 Å². The molecule has 2 heterocycles. The second-order valence-corrected chi connectivity index (χ2v) is 6.30. The SMILES string of the molecule is CCCCSc1nc2c(c(=O)n1C)c1ccccc1n2C. The van der Waals surface area contributed by atoms with Crippen LogP contribution in [0.15, 0.2) is 34.2 Å². The van der Waals surface area contributed by atoms with Crippen molar-refractivity contribution in [2.24, 2.45) is 14.1 Å². The van der Waals surface area contributed by atoms with E-state index in [1.165, 1.54) is 0 Å². The van der Waals surface area contributed by atoms with E-state index >= 15 is 0 Å². The zero-order valence-electron chi connectivity index (χ0n) is 12.6. The fourth-order valence-electron chi connectivity index (χ4n) is 2.58. The molecule has 110 valence electrons. The Labute approximate surface area is 127 Å². The van der Waals surface area contributed by atoms with Gasteiger partial charge in [-0.15, -0.1) is 0 Å². The Bertz CT molecular complexity index is 863. The molecule has 21 heavy (non-hydrogen) atoms. The lowest BCUT2D eigenvalue weighted by Gasteiger charge is -2.07. The summed E-state index contributed by atoms with van der Waals surface area (Å²) in [4.78, 5) is 17.4. The Balaban J connectivity index is 2.26. The number of benzene rings is 1. The molecule has 0 atom stereocenters. The van der Waals surface area contributed by atoms with Gasteiger partial charge in [0.15, 0.2) is 5.16 Å². The van der Waals surface area contributed by atoms with E-state index in [9.17, 15) is 4.79 Å². The minimum Gasteiger partial charge on any atom is -0.328 e. The molecule has 4 nitrogen and oxygen atoms in total. The number of para-hydroxylation sites is 1. The number of thioether (sulfide) groups is 1. The molecule has 0 aliphatic rings. The summed E-state index contributed by atoms with van der Waals surface area (Å²) in [5, 5.41) is 2.50. The van der Waals surface area contributed by atoms with Crippen molar-refractivity contribution in [3.8, 4) is 0 Å². The van der Waals surface area contributed by atoms with Crippen molar-refractivity contribution >= 4 is 33.7 Å². The Kier molecular flexibility index (Phi) is 3.76. The molecule has 3 aromatic rings. The Morgan fingerprint density at radius 3 is 2.71 bits per heavy atom. The number of rotatable bonds is 4. The van der Waals surface area contributed by atoms with Crippen LogP contribution in [0.3, 0.4) is 0 Å². The molecule has 0 spiro atoms. The van der Waals surface area contributed by atoms with E-state index in [1.54, 1.807) is 16.3 Å². The van der Waals surface area contributed by atoms with Gasteiger partial charge < -0.3 is 4.57 Å². The molecule has 0 aliphatic carbocycles. The summed E-state index contributed by atoms with van der Waals surface area (Å²) in [6, 6.07) is 7.97. The standard InChI is InChI=1S/C16H19N3OS/c1-4-5-10-21-16-17-14-13(15(20)19(16)3)11-8-6-7-9-12(11)18(14)2/h6-9H,4-5,10H2,1-3H3. The molecular weight excluding hydrogens is 282 g/mol. The van der Waals surface area contributed by atoms with Crippen LogP contribution in [0.2, 0.25) is 0 Å². The van der Waals surface area contributed by atoms with Crippen LogP contribution >= 0.6 is 11.8 Å². The molecule has 0 aliphatic heterocycles. The minimum atomic E-state index is 0.0378. The molecule has 0 amide bonds. The summed E-state index contributed by atoms with van der Waals surface area (Å²) < 4.78 is 3.69. The third kappa shape index (κ3) is 2.25. The second-order valence-electron chi connectivity index (χ2n) is 5.24. The van der Waals surface area contributed by atoms with Crippen LogP contribution in [0.25, 0.3) is 21.9 Å². The zero-order valence-corrected chi connectivity index (χ0v) is 13.4. The number of nitrogens with zero attached hydrogens (tertiary/aromatic N) is 3. The molecule has 0 saturated heterocycles. The predicted octanol–water partition coefficient (Wildman–Crippen LogP) is 3.32. The highest BCUT2D eigenvalue weighted by atomic mass is 32.2. The van der Waals surface area contributed by atoms with Crippen molar-refractivity contribution in [1.82, 2.24) is 14.1 Å². The van der Waals surface area contributed by atoms with Gasteiger partial charge in [-0.2, -0.15) is 0 Å². The van der Waals surface area contributed by atoms with Crippen molar-refractivity contribution in [3.63, 3.8) is 0 Å². The topological polar surface area (TPSA) is 39.8 Å². The second kappa shape index (κ2) is 5.56. The lowest BCUT2D eigenvalue weighted by Crippen LogP contribution is -2.20. The van der Waals surface area contributed by atoms with Gasteiger partial charge in [0.1, 0.15) is 5.65 Å². The summed E-state index contributed by atoms with van der Waals surface area (Å²) in [5.74, 6) is 0.992. The van der Waals surface area contributed by atoms with Crippen LogP contribution in [0.5, 0.6) is 0 Å². The molecule has 0 unspecified atom stereocenters. The van der Waals surface area contributed by atoms with Gasteiger partial charge in [0, 0.05) is 25.2 Å². The number of unbranched alkanes of at least 4 members (excludes halogenated alkanes) is 1. The van der Waals surface area contributed by atoms with Crippen molar-refractivity contribution in [3.05, 3.63) is 34.6 Å². The molecule has 0 saturated carbocycles. The summed E-state index contributed by atoms with van der Waals surface area (Å²) in [7, 11) is 3.78. The van der Waals surface area contributed by atoms with Gasteiger partial charge in [0.25, 0.3) is 5.56 Å². The van der Waals surface area contributed by atoms with Crippen LogP contribution in [-0.2, 0) is 14.1 Å². The monoisotopic (exact) mass is 301 g/mol. The summed E-state index contributed by atoms with van der Waals surface area (Å²) in [5.41, 5.74) is 1.86. The van der Waals surface area contributed by atoms with Crippen LogP contribution < -0.4 is 5.56 Å². The van der Waals surface area contributed by atoms with Crippen LogP contribution in [0, 0.1) is 0 Å². The van der Waals surface area contributed by atoms with Crippen molar-refractivity contribution in [2.75, 3.05) is 5.75 Å². The van der Waals surface area contributed by atoms with E-state index in [2.05, 4.69) is 6.92 Å². The molecule has 1 aromatic carbocycles. The molecule has 0 fully saturated rings. The lowest BCUT2D eigenvalue weighted by molar-refractivity contribution is 0.719. The Hall–Kier alpha value is -1.75. The molecule has 0 radical (unpaired) electrons. The number of hydrogen-bond donors (Lipinski definition) is 0. The maximum Gasteiger partial charge on any atom is 0.264 e. The molecule has 3 rings (SSSR count). The first-order chi connectivity index (χ1) is 10.1. The average Bonchev–Trinajstić information content (AvgIpc) is 2.78. The van der Waals surface area contributed by atoms with Gasteiger partial charge in [-0.05, 0) is 12.5 Å². The fraction of sp³-hybridized carbons (Fsp3) is 0.375. The van der Waals surface area contributed by atoms with E-state index in [-0.39, 0.29) is 5.56 Å². The highest BCUT2D eigenvalue weighted by Gasteiger charge is 2.16. The first-order valence-corrected chi connectivity index (χ1v) is 8.20. The smallest absolute Gasteiger partial charge is 0.264 e. The minimum absolute atomic E-state index is 0.0378. The first kappa shape index (κ1) is 14.2. The van der Waals surface area contributed by atoms with Gasteiger partial charge in [-0.25, -0.2) is 4.98 Å². The Morgan fingerprint density at radius 1 is 1.19 bits per heavy atom. The normalized spacial score (nSPS) is 11.6. The van der Waals surface area contributed by atoms with E-state index in [1.807, 2.05) is 42.9 Å². The predicted molar refractivity (Wildman–Crippen MR) is 89.1 cm³/mol. The number of aryl methyl sites for hydroxylation is 1. The fourth-order valence-corrected chi connectivity index (χ4v) is 3.62. The van der Waals surface area contributed by atoms with E-state index in [4.69, 9.17) is 4.98 Å². The maximum absolute atomic E-state index is 12.7. The highest BCUT2D eigenvalue weighted by Crippen LogP contribution is 2.26. The van der Waals surface area contributed by atoms with Gasteiger partial charge in [-0.3, -0.25) is 9.36 Å². The molecule has 2 aromatic heterocycles. The zero-order chi connectivity index (χ0) is 15.0. The van der Waals surface area contributed by atoms with Crippen molar-refractivity contribution in [1.29, 1.82) is 0 Å². The van der Waals surface area contributed by atoms with Gasteiger partial charge in [0.2, 0.25) is 0 Å². The maximum atomic E-state index is 12.7. The van der Waals surface area contributed by atoms with Gasteiger partial charge in [0.05, 0.1) is 10.9 Å². The molecule has 0 bridgehead atoms. The molecule has 0 N–H and O–H groups in total. The number of fused-ring (bicyclic) bond motifs is 3. The lowest BCUT2D eigenvalue weighted by atomic mass is 10.2. The van der Waals surface area contributed by atoms with Crippen molar-refractivity contribution < 1.29 is 0 Å². The first-order valence-electron chi connectivity index (χ1n) is 7.22. The average molecular weight is 301 g/mol. The van der Waals surface area contributed by atoms with Crippen molar-refractivity contribution in [2.45, 2.75) is 24.9 Å². The quantitative estimate of drug-likeness (QED) is 0.421. The van der Waals surface area contributed by atoms with E-state index < -0.39 is 0 Å². The van der Waals surface area contributed by atoms with Crippen LogP contribution in [-0.4, -0.2) is 19.9 Å². The largest absolute Gasteiger partial charge is 0.328 e. The highest BCUT2D eigenvalue weighted by molar-refractivity contribution is 7.99. The van der Waals surface area contributed by atoms with Crippen LogP contribution in [0.4, 0.5) is 0 Å². The van der Waals surface area contributed by atoms with E-state index in [0.717, 1.165) is 45.7 Å². The van der Waals surface area contributed by atoms with E-state index in [0.29, 0.717) is 0 Å². The summed E-state index contributed by atoms with van der Waals surface area (Å²) in [6.07, 6.45) is 2.28. The Morgan fingerprint density at radius 2 is 1.95 bits per heavy atom. The number of aromatic nitrogens is 3. The van der Waals surface area contributed by atoms with Gasteiger partial charge in [-0.1, -0.05) is 43.3 Å². The molecular formula is C16H19N3OS. The third-order valence-corrected chi connectivity index (χ3v) is 4.93. The molecule has 5 heteroatoms. The third-order valence-electron chi connectivity index (χ3n) is 3.81. The number of hydrogen-bond acceptors (Lipinski definition) is 3. The summed E-state index contributed by atoms with van der Waals surface area (Å²) >= 11 is 1.66.